The molecule has 3 heterocycles. The number of nitrogens with zero attached hydrogens (tertiary/aromatic N) is 2. The average Bonchev–Trinajstić information content (AvgIpc) is 3.69. The fraction of sp³-hybridized carbons (Fsp3) is 0.216. The number of thiazole rings is 1. The highest BCUT2D eigenvalue weighted by Gasteiger charge is 2.36. The summed E-state index contributed by atoms with van der Waals surface area (Å²) in [6.07, 6.45) is 1.79. The van der Waals surface area contributed by atoms with Gasteiger partial charge in [-0.05, 0) is 72.2 Å². The van der Waals surface area contributed by atoms with Crippen LogP contribution in [0.15, 0.2) is 93.9 Å². The number of rotatable bonds is 9. The summed E-state index contributed by atoms with van der Waals surface area (Å²) in [5.41, 5.74) is 2.80. The van der Waals surface area contributed by atoms with E-state index in [9.17, 15) is 9.59 Å². The first-order chi connectivity index (χ1) is 23.4. The molecule has 244 valence electrons. The summed E-state index contributed by atoms with van der Waals surface area (Å²) in [6, 6.07) is 21.9. The molecule has 0 saturated heterocycles. The van der Waals surface area contributed by atoms with Gasteiger partial charge in [-0.2, -0.15) is 0 Å². The van der Waals surface area contributed by atoms with E-state index in [2.05, 4.69) is 0 Å². The Labute approximate surface area is 279 Å². The highest BCUT2D eigenvalue weighted by Crippen LogP contribution is 2.40. The van der Waals surface area contributed by atoms with Crippen LogP contribution in [0.1, 0.15) is 36.6 Å². The minimum atomic E-state index is -0.829. The number of fused-ring (bicyclic) bond motifs is 3. The third kappa shape index (κ3) is 5.56. The van der Waals surface area contributed by atoms with Crippen LogP contribution in [0, 0.1) is 0 Å². The van der Waals surface area contributed by atoms with Crippen molar-refractivity contribution in [3.8, 4) is 28.7 Å². The van der Waals surface area contributed by atoms with Gasteiger partial charge in [-0.3, -0.25) is 9.36 Å². The molecule has 0 N–H and O–H groups in total. The molecule has 2 aliphatic heterocycles. The minimum Gasteiger partial charge on any atom is -0.496 e. The van der Waals surface area contributed by atoms with Crippen molar-refractivity contribution in [2.45, 2.75) is 26.5 Å². The van der Waals surface area contributed by atoms with Crippen molar-refractivity contribution in [3.05, 3.63) is 120 Å². The van der Waals surface area contributed by atoms with Crippen molar-refractivity contribution in [2.24, 2.45) is 4.99 Å². The van der Waals surface area contributed by atoms with E-state index in [4.69, 9.17) is 33.4 Å². The Balaban J connectivity index is 1.30. The van der Waals surface area contributed by atoms with Crippen LogP contribution in [0.5, 0.6) is 28.7 Å². The van der Waals surface area contributed by atoms with Crippen molar-refractivity contribution in [2.75, 3.05) is 27.6 Å². The average molecular weight is 665 g/mol. The standard InChI is InChI=1S/C37H32N2O8S/c1-5-44-36(41)32-21(2)38-37-39(34(32)33-25-9-7-6-8-24(25)12-15-28(33)42-3)35(40)31(48-37)18-22-10-13-26(29(16-22)43-4)45-19-23-11-14-27-30(17-23)47-20-46-27/h6-18,34H,5,19-20H2,1-4H3. The number of aromatic nitrogens is 1. The summed E-state index contributed by atoms with van der Waals surface area (Å²) >= 11 is 1.25. The van der Waals surface area contributed by atoms with E-state index in [1.165, 1.54) is 11.3 Å². The van der Waals surface area contributed by atoms with Crippen molar-refractivity contribution in [1.29, 1.82) is 0 Å². The molecule has 48 heavy (non-hydrogen) atoms. The van der Waals surface area contributed by atoms with Crippen LogP contribution in [0.4, 0.5) is 0 Å². The molecule has 0 amide bonds. The van der Waals surface area contributed by atoms with Gasteiger partial charge in [0.15, 0.2) is 27.8 Å². The van der Waals surface area contributed by atoms with Crippen LogP contribution in [0.3, 0.4) is 0 Å². The monoisotopic (exact) mass is 664 g/mol. The van der Waals surface area contributed by atoms with Crippen molar-refractivity contribution < 1.29 is 33.2 Å². The number of hydrogen-bond acceptors (Lipinski definition) is 10. The Kier molecular flexibility index (Phi) is 8.36. The summed E-state index contributed by atoms with van der Waals surface area (Å²) < 4.78 is 35.9. The van der Waals surface area contributed by atoms with Gasteiger partial charge in [-0.15, -0.1) is 0 Å². The lowest BCUT2D eigenvalue weighted by Gasteiger charge is -2.27. The molecule has 0 fully saturated rings. The van der Waals surface area contributed by atoms with Crippen LogP contribution in [0.25, 0.3) is 16.8 Å². The van der Waals surface area contributed by atoms with Crippen LogP contribution in [0.2, 0.25) is 0 Å². The van der Waals surface area contributed by atoms with Crippen molar-refractivity contribution in [1.82, 2.24) is 4.57 Å². The van der Waals surface area contributed by atoms with Crippen LogP contribution in [-0.2, 0) is 16.1 Å². The Morgan fingerprint density at radius 3 is 2.58 bits per heavy atom. The van der Waals surface area contributed by atoms with Crippen LogP contribution < -0.4 is 38.6 Å². The topological polar surface area (TPSA) is 107 Å². The van der Waals surface area contributed by atoms with E-state index in [0.717, 1.165) is 21.9 Å². The molecule has 0 spiro atoms. The maximum Gasteiger partial charge on any atom is 0.338 e. The number of hydrogen-bond donors (Lipinski definition) is 0. The lowest BCUT2D eigenvalue weighted by Crippen LogP contribution is -2.40. The van der Waals surface area contributed by atoms with Gasteiger partial charge in [0.25, 0.3) is 5.56 Å². The summed E-state index contributed by atoms with van der Waals surface area (Å²) in [5.74, 6) is 2.47. The Morgan fingerprint density at radius 1 is 0.979 bits per heavy atom. The molecule has 11 heteroatoms. The van der Waals surface area contributed by atoms with Gasteiger partial charge in [0.2, 0.25) is 6.79 Å². The molecule has 4 aromatic carbocycles. The van der Waals surface area contributed by atoms with Gasteiger partial charge in [0, 0.05) is 5.56 Å². The fourth-order valence-electron chi connectivity index (χ4n) is 6.04. The highest BCUT2D eigenvalue weighted by atomic mass is 32.1. The number of esters is 1. The quantitative estimate of drug-likeness (QED) is 0.196. The molecule has 1 aromatic heterocycles. The van der Waals surface area contributed by atoms with E-state index in [1.54, 1.807) is 38.7 Å². The molecule has 0 aliphatic carbocycles. The largest absolute Gasteiger partial charge is 0.496 e. The number of carbonyl (C=O) groups excluding carboxylic acids is 1. The summed E-state index contributed by atoms with van der Waals surface area (Å²) in [5, 5.41) is 1.80. The first-order valence-corrected chi connectivity index (χ1v) is 16.2. The van der Waals surface area contributed by atoms with Gasteiger partial charge in [0.05, 0.1) is 36.6 Å². The van der Waals surface area contributed by atoms with Crippen molar-refractivity contribution in [3.63, 3.8) is 0 Å². The molecule has 10 nitrogen and oxygen atoms in total. The van der Waals surface area contributed by atoms with Gasteiger partial charge < -0.3 is 28.4 Å². The highest BCUT2D eigenvalue weighted by molar-refractivity contribution is 7.07. The Bertz CT molecular complexity index is 2290. The summed E-state index contributed by atoms with van der Waals surface area (Å²) in [7, 11) is 3.14. The number of carbonyl (C=O) groups is 1. The number of ether oxygens (including phenoxy) is 6. The van der Waals surface area contributed by atoms with Gasteiger partial charge >= 0.3 is 5.97 Å². The first kappa shape index (κ1) is 31.1. The molecule has 2 aliphatic rings. The number of benzene rings is 4. The van der Waals surface area contributed by atoms with Gasteiger partial charge in [0.1, 0.15) is 18.4 Å². The molecular formula is C37H32N2O8S. The second kappa shape index (κ2) is 12.9. The third-order valence-electron chi connectivity index (χ3n) is 8.26. The first-order valence-electron chi connectivity index (χ1n) is 15.3. The van der Waals surface area contributed by atoms with Gasteiger partial charge in [-0.1, -0.05) is 53.8 Å². The van der Waals surface area contributed by atoms with Gasteiger partial charge in [-0.25, -0.2) is 9.79 Å². The predicted molar refractivity (Wildman–Crippen MR) is 181 cm³/mol. The maximum absolute atomic E-state index is 14.3. The second-order valence-corrected chi connectivity index (χ2v) is 12.1. The smallest absolute Gasteiger partial charge is 0.338 e. The van der Waals surface area contributed by atoms with Crippen LogP contribution >= 0.6 is 11.3 Å². The molecule has 0 saturated carbocycles. The molecule has 5 aromatic rings. The molecule has 1 atom stereocenters. The zero-order valence-corrected chi connectivity index (χ0v) is 27.6. The second-order valence-electron chi connectivity index (χ2n) is 11.1. The lowest BCUT2D eigenvalue weighted by atomic mass is 9.90. The van der Waals surface area contributed by atoms with E-state index in [-0.39, 0.29) is 24.5 Å². The van der Waals surface area contributed by atoms with E-state index in [0.29, 0.717) is 55.9 Å². The third-order valence-corrected chi connectivity index (χ3v) is 9.24. The van der Waals surface area contributed by atoms with E-state index in [1.807, 2.05) is 72.8 Å². The Hall–Kier alpha value is -5.55. The molecule has 0 radical (unpaired) electrons. The minimum absolute atomic E-state index is 0.178. The zero-order valence-electron chi connectivity index (χ0n) is 26.8. The summed E-state index contributed by atoms with van der Waals surface area (Å²) in [6.45, 7) is 4.19. The molecule has 1 unspecified atom stereocenters. The molecule has 0 bridgehead atoms. The van der Waals surface area contributed by atoms with E-state index < -0.39 is 12.0 Å². The lowest BCUT2D eigenvalue weighted by molar-refractivity contribution is -0.139. The van der Waals surface area contributed by atoms with E-state index >= 15 is 0 Å². The SMILES string of the molecule is CCOC(=O)C1=C(C)N=c2sc(=Cc3ccc(OCc4ccc5c(c4)OCO5)c(OC)c3)c(=O)n2C1c1c(OC)ccc2ccccc12. The van der Waals surface area contributed by atoms with Crippen LogP contribution in [-0.4, -0.2) is 38.2 Å². The fourth-order valence-corrected chi connectivity index (χ4v) is 7.08. The number of methoxy groups -OCH3 is 2. The van der Waals surface area contributed by atoms with Crippen molar-refractivity contribution >= 4 is 34.2 Å². The normalized spacial score (nSPS) is 15.2. The Morgan fingerprint density at radius 2 is 1.77 bits per heavy atom. The zero-order chi connectivity index (χ0) is 33.4. The predicted octanol–water partition coefficient (Wildman–Crippen LogP) is 5.28. The molecule has 7 rings (SSSR count). The number of allylic oxidation sites excluding steroid dienone is 1. The summed E-state index contributed by atoms with van der Waals surface area (Å²) in [4.78, 5) is 33.0. The molecular weight excluding hydrogens is 632 g/mol. The maximum atomic E-state index is 14.3.